The summed E-state index contributed by atoms with van der Waals surface area (Å²) in [5, 5.41) is 5.93. The number of nitrogens with zero attached hydrogens (tertiary/aromatic N) is 6. The van der Waals surface area contributed by atoms with Crippen LogP contribution in [0.1, 0.15) is 19.8 Å². The number of aryl methyl sites for hydroxylation is 2. The van der Waals surface area contributed by atoms with E-state index in [1.54, 1.807) is 4.90 Å². The molecule has 0 radical (unpaired) electrons. The van der Waals surface area contributed by atoms with Gasteiger partial charge in [-0.2, -0.15) is 5.10 Å². The van der Waals surface area contributed by atoms with Crippen molar-refractivity contribution in [1.29, 1.82) is 0 Å². The molecule has 0 atom stereocenters. The maximum atomic E-state index is 13.0. The molecule has 0 spiro atoms. The molecule has 0 bridgehead atoms. The van der Waals surface area contributed by atoms with Gasteiger partial charge in [0, 0.05) is 68.4 Å². The lowest BCUT2D eigenvalue weighted by Gasteiger charge is -2.36. The first-order valence-corrected chi connectivity index (χ1v) is 11.5. The summed E-state index contributed by atoms with van der Waals surface area (Å²) >= 11 is 0. The highest BCUT2D eigenvalue weighted by atomic mass is 16.2. The molecule has 168 valence electrons. The van der Waals surface area contributed by atoms with Gasteiger partial charge in [0.2, 0.25) is 11.8 Å². The van der Waals surface area contributed by atoms with Crippen molar-refractivity contribution < 1.29 is 9.59 Å². The molecule has 2 aromatic heterocycles. The largest absolute Gasteiger partial charge is 0.350 e. The zero-order chi connectivity index (χ0) is 22.2. The Morgan fingerprint density at radius 1 is 1.09 bits per heavy atom. The van der Waals surface area contributed by atoms with Crippen molar-refractivity contribution in [2.75, 3.05) is 44.2 Å². The first kappa shape index (κ1) is 20.8. The molecule has 0 aliphatic carbocycles. The summed E-state index contributed by atoms with van der Waals surface area (Å²) in [5.41, 5.74) is 3.01. The number of benzene rings is 1. The Bertz CT molecular complexity index is 1150. The highest BCUT2D eigenvalue weighted by Gasteiger charge is 2.31. The molecule has 1 fully saturated rings. The Labute approximate surface area is 188 Å². The SMILES string of the molecule is CCCN1CCN(C(=O)CN2C(=O)CCn3nc(-c4cn(C)c5ccccc45)cc32)CC1. The van der Waals surface area contributed by atoms with E-state index in [2.05, 4.69) is 34.7 Å². The molecule has 1 aromatic carbocycles. The van der Waals surface area contributed by atoms with Crippen LogP contribution in [0.3, 0.4) is 0 Å². The number of hydrogen-bond donors (Lipinski definition) is 0. The molecule has 5 rings (SSSR count). The summed E-state index contributed by atoms with van der Waals surface area (Å²) in [6.45, 7) is 7.11. The van der Waals surface area contributed by atoms with Crippen molar-refractivity contribution in [3.05, 3.63) is 36.5 Å². The van der Waals surface area contributed by atoms with E-state index in [0.717, 1.165) is 61.3 Å². The lowest BCUT2D eigenvalue weighted by Crippen LogP contribution is -2.52. The van der Waals surface area contributed by atoms with Crippen LogP contribution in [0.4, 0.5) is 5.82 Å². The van der Waals surface area contributed by atoms with Crippen molar-refractivity contribution in [2.45, 2.75) is 26.3 Å². The average Bonchev–Trinajstić information content (AvgIpc) is 3.38. The molecule has 0 saturated carbocycles. The first-order chi connectivity index (χ1) is 15.5. The fourth-order valence-corrected chi connectivity index (χ4v) is 4.87. The van der Waals surface area contributed by atoms with E-state index in [9.17, 15) is 9.59 Å². The lowest BCUT2D eigenvalue weighted by atomic mass is 10.1. The van der Waals surface area contributed by atoms with Gasteiger partial charge in [-0.05, 0) is 19.0 Å². The number of para-hydroxylation sites is 1. The van der Waals surface area contributed by atoms with Crippen molar-refractivity contribution >= 4 is 28.5 Å². The van der Waals surface area contributed by atoms with E-state index in [1.165, 1.54) is 0 Å². The second kappa shape index (κ2) is 8.43. The minimum Gasteiger partial charge on any atom is -0.350 e. The van der Waals surface area contributed by atoms with E-state index in [1.807, 2.05) is 34.8 Å². The molecule has 2 amide bonds. The average molecular weight is 435 g/mol. The van der Waals surface area contributed by atoms with Crippen molar-refractivity contribution in [3.8, 4) is 11.3 Å². The fourth-order valence-electron chi connectivity index (χ4n) is 4.87. The first-order valence-electron chi connectivity index (χ1n) is 11.5. The molecule has 4 heterocycles. The smallest absolute Gasteiger partial charge is 0.242 e. The summed E-state index contributed by atoms with van der Waals surface area (Å²) < 4.78 is 3.96. The number of carbonyl (C=O) groups is 2. The number of aromatic nitrogens is 3. The Balaban J connectivity index is 1.38. The quantitative estimate of drug-likeness (QED) is 0.618. The summed E-state index contributed by atoms with van der Waals surface area (Å²) in [7, 11) is 2.02. The van der Waals surface area contributed by atoms with Crippen LogP contribution in [0, 0.1) is 0 Å². The second-order valence-corrected chi connectivity index (χ2v) is 8.73. The maximum Gasteiger partial charge on any atom is 0.242 e. The Hall–Kier alpha value is -3.13. The third kappa shape index (κ3) is 3.68. The zero-order valence-electron chi connectivity index (χ0n) is 18.8. The molecule has 1 saturated heterocycles. The van der Waals surface area contributed by atoms with Gasteiger partial charge in [-0.1, -0.05) is 25.1 Å². The molecule has 0 N–H and O–H groups in total. The maximum absolute atomic E-state index is 13.0. The normalized spacial score (nSPS) is 17.2. The van der Waals surface area contributed by atoms with Gasteiger partial charge in [-0.3, -0.25) is 19.4 Å². The van der Waals surface area contributed by atoms with Crippen LogP contribution in [0.25, 0.3) is 22.2 Å². The standard InChI is InChI=1S/C24H30N6O2/c1-3-9-27-11-13-28(14-12-27)24(32)17-29-22-15-20(25-30(22)10-8-23(29)31)19-16-26(2)21-7-5-4-6-18(19)21/h4-7,15-16H,3,8-14,17H2,1-2H3. The van der Waals surface area contributed by atoms with Crippen LogP contribution in [0.5, 0.6) is 0 Å². The highest BCUT2D eigenvalue weighted by Crippen LogP contribution is 2.33. The van der Waals surface area contributed by atoms with Crippen LogP contribution in [0.2, 0.25) is 0 Å². The number of rotatable bonds is 5. The van der Waals surface area contributed by atoms with E-state index < -0.39 is 0 Å². The molecule has 32 heavy (non-hydrogen) atoms. The Morgan fingerprint density at radius 3 is 2.66 bits per heavy atom. The second-order valence-electron chi connectivity index (χ2n) is 8.73. The minimum absolute atomic E-state index is 0.0101. The van der Waals surface area contributed by atoms with Gasteiger partial charge < -0.3 is 9.47 Å². The van der Waals surface area contributed by atoms with E-state index in [4.69, 9.17) is 5.10 Å². The molecular formula is C24H30N6O2. The van der Waals surface area contributed by atoms with Crippen LogP contribution >= 0.6 is 0 Å². The van der Waals surface area contributed by atoms with Crippen molar-refractivity contribution in [2.24, 2.45) is 7.05 Å². The third-order valence-electron chi connectivity index (χ3n) is 6.60. The van der Waals surface area contributed by atoms with Crippen LogP contribution in [0.15, 0.2) is 36.5 Å². The molecule has 0 unspecified atom stereocenters. The zero-order valence-corrected chi connectivity index (χ0v) is 18.8. The molecule has 2 aliphatic rings. The summed E-state index contributed by atoms with van der Waals surface area (Å²) in [6, 6.07) is 10.2. The number of hydrogen-bond acceptors (Lipinski definition) is 4. The third-order valence-corrected chi connectivity index (χ3v) is 6.60. The lowest BCUT2D eigenvalue weighted by molar-refractivity contribution is -0.133. The van der Waals surface area contributed by atoms with Crippen LogP contribution in [-0.4, -0.2) is 75.2 Å². The molecule has 8 nitrogen and oxygen atoms in total. The summed E-state index contributed by atoms with van der Waals surface area (Å²) in [4.78, 5) is 31.7. The number of amides is 2. The predicted molar refractivity (Wildman–Crippen MR) is 124 cm³/mol. The van der Waals surface area contributed by atoms with Crippen LogP contribution in [-0.2, 0) is 23.2 Å². The number of fused-ring (bicyclic) bond motifs is 2. The van der Waals surface area contributed by atoms with Gasteiger partial charge in [-0.15, -0.1) is 0 Å². The molecule has 3 aromatic rings. The van der Waals surface area contributed by atoms with Gasteiger partial charge in [-0.25, -0.2) is 4.68 Å². The van der Waals surface area contributed by atoms with Gasteiger partial charge in [0.15, 0.2) is 0 Å². The van der Waals surface area contributed by atoms with Gasteiger partial charge >= 0.3 is 0 Å². The predicted octanol–water partition coefficient (Wildman–Crippen LogP) is 2.33. The van der Waals surface area contributed by atoms with Crippen molar-refractivity contribution in [3.63, 3.8) is 0 Å². The van der Waals surface area contributed by atoms with Gasteiger partial charge in [0.1, 0.15) is 12.4 Å². The molecule has 2 aliphatic heterocycles. The van der Waals surface area contributed by atoms with Gasteiger partial charge in [0.25, 0.3) is 0 Å². The number of carbonyl (C=O) groups excluding carboxylic acids is 2. The van der Waals surface area contributed by atoms with E-state index >= 15 is 0 Å². The van der Waals surface area contributed by atoms with Crippen molar-refractivity contribution in [1.82, 2.24) is 24.1 Å². The minimum atomic E-state index is -0.0140. The fraction of sp³-hybridized carbons (Fsp3) is 0.458. The van der Waals surface area contributed by atoms with E-state index in [0.29, 0.717) is 18.8 Å². The number of piperazine rings is 1. The van der Waals surface area contributed by atoms with E-state index in [-0.39, 0.29) is 18.4 Å². The Kier molecular flexibility index (Phi) is 5.46. The summed E-state index contributed by atoms with van der Waals surface area (Å²) in [6.07, 6.45) is 3.56. The molecule has 8 heteroatoms. The number of anilines is 1. The van der Waals surface area contributed by atoms with Gasteiger partial charge in [0.05, 0.1) is 12.2 Å². The van der Waals surface area contributed by atoms with Crippen LogP contribution < -0.4 is 4.90 Å². The monoisotopic (exact) mass is 434 g/mol. The Morgan fingerprint density at radius 2 is 1.88 bits per heavy atom. The molecular weight excluding hydrogens is 404 g/mol. The topological polar surface area (TPSA) is 66.6 Å². The summed E-state index contributed by atoms with van der Waals surface area (Å²) in [5.74, 6) is 0.706. The highest BCUT2D eigenvalue weighted by molar-refractivity contribution is 6.00.